The highest BCUT2D eigenvalue weighted by molar-refractivity contribution is 5.78. The van der Waals surface area contributed by atoms with Crippen LogP contribution in [0.3, 0.4) is 0 Å². The number of hydrogen-bond donors (Lipinski definition) is 0. The second-order valence-corrected chi connectivity index (χ2v) is 5.06. The van der Waals surface area contributed by atoms with Gasteiger partial charge in [-0.1, -0.05) is 6.92 Å². The summed E-state index contributed by atoms with van der Waals surface area (Å²) in [5.74, 6) is 0.919. The fourth-order valence-electron chi connectivity index (χ4n) is 2.29. The Labute approximate surface area is 98.5 Å². The van der Waals surface area contributed by atoms with E-state index >= 15 is 0 Å². The number of likely N-dealkylation sites (tertiary alicyclic amines) is 1. The number of ether oxygens (including phenoxy) is 1. The van der Waals surface area contributed by atoms with Gasteiger partial charge in [0.05, 0.1) is 19.2 Å². The monoisotopic (exact) mass is 228 g/mol. The van der Waals surface area contributed by atoms with Gasteiger partial charge in [-0.2, -0.15) is 0 Å². The number of piperidine rings is 1. The van der Waals surface area contributed by atoms with Crippen LogP contribution in [0.25, 0.3) is 0 Å². The summed E-state index contributed by atoms with van der Waals surface area (Å²) in [5.41, 5.74) is 0. The lowest BCUT2D eigenvalue weighted by molar-refractivity contribution is -0.137. The Hall–Kier alpha value is -0.610. The first-order chi connectivity index (χ1) is 7.54. The van der Waals surface area contributed by atoms with Crippen LogP contribution in [0.2, 0.25) is 0 Å². The summed E-state index contributed by atoms with van der Waals surface area (Å²) in [6.07, 6.45) is 2.17. The number of rotatable bonds is 4. The summed E-state index contributed by atoms with van der Waals surface area (Å²) in [7, 11) is 5.56. The van der Waals surface area contributed by atoms with Gasteiger partial charge in [0.1, 0.15) is 0 Å². The molecule has 0 saturated carbocycles. The van der Waals surface area contributed by atoms with E-state index in [0.29, 0.717) is 19.1 Å². The van der Waals surface area contributed by atoms with Crippen LogP contribution in [0.15, 0.2) is 0 Å². The average Bonchev–Trinajstić information content (AvgIpc) is 2.17. The van der Waals surface area contributed by atoms with Crippen molar-refractivity contribution in [3.63, 3.8) is 0 Å². The first kappa shape index (κ1) is 13.5. The molecule has 0 aromatic heterocycles. The predicted octanol–water partition coefficient (Wildman–Crippen LogP) is 0.822. The molecule has 1 fully saturated rings. The zero-order valence-corrected chi connectivity index (χ0v) is 10.9. The van der Waals surface area contributed by atoms with Crippen molar-refractivity contribution in [2.75, 3.05) is 40.9 Å². The largest absolute Gasteiger partial charge is 0.383 e. The molecule has 0 radical (unpaired) electrons. The van der Waals surface area contributed by atoms with Crippen molar-refractivity contribution < 1.29 is 9.53 Å². The number of likely N-dealkylation sites (N-methyl/N-ethyl adjacent to an activating group) is 1. The molecular weight excluding hydrogens is 204 g/mol. The molecule has 0 aliphatic carbocycles. The highest BCUT2D eigenvalue weighted by Gasteiger charge is 2.29. The Bertz CT molecular complexity index is 231. The van der Waals surface area contributed by atoms with Crippen LogP contribution in [0.1, 0.15) is 19.8 Å². The molecule has 0 aromatic rings. The van der Waals surface area contributed by atoms with Gasteiger partial charge in [-0.15, -0.1) is 0 Å². The van der Waals surface area contributed by atoms with E-state index in [-0.39, 0.29) is 11.9 Å². The quantitative estimate of drug-likeness (QED) is 0.714. The second kappa shape index (κ2) is 6.21. The lowest BCUT2D eigenvalue weighted by Gasteiger charge is -2.38. The van der Waals surface area contributed by atoms with Crippen molar-refractivity contribution in [2.24, 2.45) is 5.92 Å². The minimum atomic E-state index is 0.221. The summed E-state index contributed by atoms with van der Waals surface area (Å²) in [6.45, 7) is 4.27. The lowest BCUT2D eigenvalue weighted by atomic mass is 9.92. The van der Waals surface area contributed by atoms with E-state index in [1.54, 1.807) is 7.11 Å². The third-order valence-corrected chi connectivity index (χ3v) is 3.11. The lowest BCUT2D eigenvalue weighted by Crippen LogP contribution is -2.50. The molecule has 1 heterocycles. The molecule has 1 aliphatic heterocycles. The maximum Gasteiger partial charge on any atom is 0.237 e. The van der Waals surface area contributed by atoms with Gasteiger partial charge >= 0.3 is 0 Å². The van der Waals surface area contributed by atoms with Crippen LogP contribution in [-0.4, -0.2) is 62.7 Å². The molecule has 0 N–H and O–H groups in total. The van der Waals surface area contributed by atoms with E-state index in [1.165, 1.54) is 0 Å². The smallest absolute Gasteiger partial charge is 0.237 e. The van der Waals surface area contributed by atoms with Crippen LogP contribution in [0.5, 0.6) is 0 Å². The van der Waals surface area contributed by atoms with Gasteiger partial charge in [0, 0.05) is 13.7 Å². The SMILES string of the molecule is COCC1CC(C)CCN1C(=O)CN(C)C. The summed E-state index contributed by atoms with van der Waals surface area (Å²) < 4.78 is 5.21. The third-order valence-electron chi connectivity index (χ3n) is 3.11. The fourth-order valence-corrected chi connectivity index (χ4v) is 2.29. The molecule has 1 amide bonds. The van der Waals surface area contributed by atoms with Gasteiger partial charge in [-0.3, -0.25) is 4.79 Å². The first-order valence-corrected chi connectivity index (χ1v) is 5.97. The molecule has 1 saturated heterocycles. The van der Waals surface area contributed by atoms with Crippen LogP contribution in [0.4, 0.5) is 0 Å². The molecule has 2 atom stereocenters. The Morgan fingerprint density at radius 1 is 1.50 bits per heavy atom. The molecule has 1 aliphatic rings. The number of hydrogen-bond acceptors (Lipinski definition) is 3. The van der Waals surface area contributed by atoms with Crippen LogP contribution in [-0.2, 0) is 9.53 Å². The maximum absolute atomic E-state index is 12.0. The van der Waals surface area contributed by atoms with Crippen molar-refractivity contribution in [1.29, 1.82) is 0 Å². The Morgan fingerprint density at radius 2 is 2.19 bits per heavy atom. The van der Waals surface area contributed by atoms with Crippen LogP contribution < -0.4 is 0 Å². The topological polar surface area (TPSA) is 32.8 Å². The van der Waals surface area contributed by atoms with E-state index in [1.807, 2.05) is 23.9 Å². The Balaban J connectivity index is 2.57. The van der Waals surface area contributed by atoms with E-state index in [9.17, 15) is 4.79 Å². The summed E-state index contributed by atoms with van der Waals surface area (Å²) in [5, 5.41) is 0. The van der Waals surface area contributed by atoms with Gasteiger partial charge in [0.2, 0.25) is 5.91 Å². The van der Waals surface area contributed by atoms with Crippen molar-refractivity contribution in [1.82, 2.24) is 9.80 Å². The van der Waals surface area contributed by atoms with Crippen LogP contribution >= 0.6 is 0 Å². The van der Waals surface area contributed by atoms with Crippen molar-refractivity contribution in [3.8, 4) is 0 Å². The van der Waals surface area contributed by atoms with Gasteiger partial charge in [0.25, 0.3) is 0 Å². The second-order valence-electron chi connectivity index (χ2n) is 5.06. The molecule has 2 unspecified atom stereocenters. The molecule has 0 bridgehead atoms. The predicted molar refractivity (Wildman–Crippen MR) is 64.3 cm³/mol. The molecule has 0 aromatic carbocycles. The minimum absolute atomic E-state index is 0.221. The molecule has 1 rings (SSSR count). The molecule has 4 heteroatoms. The minimum Gasteiger partial charge on any atom is -0.383 e. The average molecular weight is 228 g/mol. The van der Waals surface area contributed by atoms with Gasteiger partial charge in [0.15, 0.2) is 0 Å². The Morgan fingerprint density at radius 3 is 2.75 bits per heavy atom. The summed E-state index contributed by atoms with van der Waals surface area (Å²) >= 11 is 0. The molecule has 94 valence electrons. The highest BCUT2D eigenvalue weighted by Crippen LogP contribution is 2.22. The van der Waals surface area contributed by atoms with Crippen LogP contribution in [0, 0.1) is 5.92 Å². The van der Waals surface area contributed by atoms with Gasteiger partial charge in [-0.05, 0) is 32.9 Å². The van der Waals surface area contributed by atoms with Gasteiger partial charge < -0.3 is 14.5 Å². The van der Waals surface area contributed by atoms with E-state index in [2.05, 4.69) is 6.92 Å². The Kier molecular flexibility index (Phi) is 5.22. The summed E-state index contributed by atoms with van der Waals surface area (Å²) in [4.78, 5) is 15.9. The van der Waals surface area contributed by atoms with E-state index in [0.717, 1.165) is 19.4 Å². The zero-order valence-electron chi connectivity index (χ0n) is 10.9. The maximum atomic E-state index is 12.0. The number of methoxy groups -OCH3 is 1. The highest BCUT2D eigenvalue weighted by atomic mass is 16.5. The molecule has 16 heavy (non-hydrogen) atoms. The normalized spacial score (nSPS) is 26.2. The van der Waals surface area contributed by atoms with Gasteiger partial charge in [-0.25, -0.2) is 0 Å². The van der Waals surface area contributed by atoms with Crippen molar-refractivity contribution in [3.05, 3.63) is 0 Å². The third kappa shape index (κ3) is 3.76. The molecular formula is C12H24N2O2. The molecule has 4 nitrogen and oxygen atoms in total. The standard InChI is InChI=1S/C12H24N2O2/c1-10-5-6-14(11(7-10)9-16-4)12(15)8-13(2)3/h10-11H,5-9H2,1-4H3. The zero-order chi connectivity index (χ0) is 12.1. The number of amides is 1. The first-order valence-electron chi connectivity index (χ1n) is 5.97. The van der Waals surface area contributed by atoms with E-state index in [4.69, 9.17) is 4.74 Å². The van der Waals surface area contributed by atoms with Crippen molar-refractivity contribution >= 4 is 5.91 Å². The fraction of sp³-hybridized carbons (Fsp3) is 0.917. The number of carbonyl (C=O) groups is 1. The van der Waals surface area contributed by atoms with E-state index < -0.39 is 0 Å². The number of nitrogens with zero attached hydrogens (tertiary/aromatic N) is 2. The number of carbonyl (C=O) groups excluding carboxylic acids is 1. The van der Waals surface area contributed by atoms with Crippen molar-refractivity contribution in [2.45, 2.75) is 25.8 Å². The summed E-state index contributed by atoms with van der Waals surface area (Å²) in [6, 6.07) is 0.265. The molecule has 0 spiro atoms.